The summed E-state index contributed by atoms with van der Waals surface area (Å²) in [5.41, 5.74) is -0.652. The van der Waals surface area contributed by atoms with E-state index in [2.05, 4.69) is 4.98 Å². The Kier molecular flexibility index (Phi) is 3.75. The van der Waals surface area contributed by atoms with Crippen molar-refractivity contribution in [1.29, 1.82) is 0 Å². The lowest BCUT2D eigenvalue weighted by atomic mass is 10.1. The molecule has 0 atom stereocenters. The number of hydrogen-bond acceptors (Lipinski definition) is 3. The summed E-state index contributed by atoms with van der Waals surface area (Å²) in [5, 5.41) is 0. The molecule has 0 N–H and O–H groups in total. The number of ether oxygens (including phenoxy) is 1. The van der Waals surface area contributed by atoms with Gasteiger partial charge in [0.15, 0.2) is 0 Å². The van der Waals surface area contributed by atoms with Crippen LogP contribution in [0.25, 0.3) is 0 Å². The van der Waals surface area contributed by atoms with Gasteiger partial charge in [0.2, 0.25) is 0 Å². The number of methoxy groups -OCH3 is 1. The van der Waals surface area contributed by atoms with Gasteiger partial charge in [0.05, 0.1) is 11.7 Å². The maximum atomic E-state index is 12.6. The monoisotopic (exact) mass is 260 g/mol. The first-order valence-corrected chi connectivity index (χ1v) is 5.81. The van der Waals surface area contributed by atoms with Crippen LogP contribution in [0.5, 0.6) is 0 Å². The lowest BCUT2D eigenvalue weighted by Gasteiger charge is -2.32. The quantitative estimate of drug-likeness (QED) is 0.817. The normalized spacial score (nSPS) is 18.1. The first-order chi connectivity index (χ1) is 8.50. The van der Waals surface area contributed by atoms with Crippen molar-refractivity contribution < 1.29 is 17.9 Å². The molecule has 1 aromatic rings. The van der Waals surface area contributed by atoms with Crippen LogP contribution >= 0.6 is 0 Å². The molecule has 3 nitrogen and oxygen atoms in total. The van der Waals surface area contributed by atoms with E-state index in [1.54, 1.807) is 7.11 Å². The average Bonchev–Trinajstić information content (AvgIpc) is 2.38. The molecular formula is C12H15F3N2O. The second kappa shape index (κ2) is 5.14. The molecule has 0 unspecified atom stereocenters. The Balaban J connectivity index is 2.10. The smallest absolute Gasteiger partial charge is 0.381 e. The van der Waals surface area contributed by atoms with E-state index < -0.39 is 11.7 Å². The van der Waals surface area contributed by atoms with Gasteiger partial charge in [-0.2, -0.15) is 13.2 Å². The van der Waals surface area contributed by atoms with Gasteiger partial charge in [-0.15, -0.1) is 0 Å². The summed E-state index contributed by atoms with van der Waals surface area (Å²) in [5.74, 6) is 0.388. The summed E-state index contributed by atoms with van der Waals surface area (Å²) in [6, 6.07) is 2.10. The fraction of sp³-hybridized carbons (Fsp3) is 0.583. The maximum Gasteiger partial charge on any atom is 0.416 e. The van der Waals surface area contributed by atoms with Gasteiger partial charge in [-0.1, -0.05) is 0 Å². The molecule has 0 spiro atoms. The number of alkyl halides is 3. The molecule has 1 fully saturated rings. The molecule has 2 heterocycles. The fourth-order valence-corrected chi connectivity index (χ4v) is 2.09. The van der Waals surface area contributed by atoms with Gasteiger partial charge in [-0.25, -0.2) is 4.98 Å². The lowest BCUT2D eigenvalue weighted by molar-refractivity contribution is -0.137. The number of aromatic nitrogens is 1. The van der Waals surface area contributed by atoms with Gasteiger partial charge in [-0.3, -0.25) is 0 Å². The topological polar surface area (TPSA) is 25.4 Å². The van der Waals surface area contributed by atoms with Crippen molar-refractivity contribution in [3.8, 4) is 0 Å². The molecule has 0 radical (unpaired) electrons. The molecule has 0 amide bonds. The Labute approximate surface area is 104 Å². The number of rotatable bonds is 2. The number of piperidine rings is 1. The number of hydrogen-bond donors (Lipinski definition) is 0. The zero-order chi connectivity index (χ0) is 13.2. The summed E-state index contributed by atoms with van der Waals surface area (Å²) in [6.07, 6.45) is -1.28. The Morgan fingerprint density at radius 1 is 1.33 bits per heavy atom. The van der Waals surface area contributed by atoms with Crippen molar-refractivity contribution in [2.24, 2.45) is 0 Å². The SMILES string of the molecule is COC1CCN(c2cc(C(F)(F)F)ccn2)CC1. The number of pyridine rings is 1. The highest BCUT2D eigenvalue weighted by Crippen LogP contribution is 2.31. The van der Waals surface area contributed by atoms with E-state index in [1.165, 1.54) is 6.20 Å². The van der Waals surface area contributed by atoms with E-state index in [-0.39, 0.29) is 6.10 Å². The highest BCUT2D eigenvalue weighted by atomic mass is 19.4. The predicted molar refractivity (Wildman–Crippen MR) is 61.5 cm³/mol. The highest BCUT2D eigenvalue weighted by Gasteiger charge is 2.31. The summed E-state index contributed by atoms with van der Waals surface area (Å²) in [7, 11) is 1.66. The minimum absolute atomic E-state index is 0.201. The zero-order valence-electron chi connectivity index (χ0n) is 10.1. The first kappa shape index (κ1) is 13.1. The Morgan fingerprint density at radius 2 is 2.00 bits per heavy atom. The van der Waals surface area contributed by atoms with Gasteiger partial charge < -0.3 is 9.64 Å². The highest BCUT2D eigenvalue weighted by molar-refractivity contribution is 5.42. The summed E-state index contributed by atoms with van der Waals surface area (Å²) in [4.78, 5) is 5.88. The van der Waals surface area contributed by atoms with Crippen LogP contribution in [0, 0.1) is 0 Å². The van der Waals surface area contributed by atoms with Crippen LogP contribution in [-0.4, -0.2) is 31.3 Å². The maximum absolute atomic E-state index is 12.6. The van der Waals surface area contributed by atoms with Crippen molar-refractivity contribution >= 4 is 5.82 Å². The molecule has 0 saturated carbocycles. The second-order valence-corrected chi connectivity index (χ2v) is 4.32. The minimum Gasteiger partial charge on any atom is -0.381 e. The van der Waals surface area contributed by atoms with Gasteiger partial charge >= 0.3 is 6.18 Å². The van der Waals surface area contributed by atoms with E-state index in [9.17, 15) is 13.2 Å². The van der Waals surface area contributed by atoms with Gasteiger partial charge in [0, 0.05) is 26.4 Å². The van der Waals surface area contributed by atoms with Crippen LogP contribution in [0.2, 0.25) is 0 Å². The van der Waals surface area contributed by atoms with Crippen molar-refractivity contribution in [2.45, 2.75) is 25.1 Å². The Hall–Kier alpha value is -1.30. The van der Waals surface area contributed by atoms with Crippen LogP contribution in [0.15, 0.2) is 18.3 Å². The minimum atomic E-state index is -4.32. The zero-order valence-corrected chi connectivity index (χ0v) is 10.1. The van der Waals surface area contributed by atoms with Gasteiger partial charge in [-0.05, 0) is 25.0 Å². The van der Waals surface area contributed by atoms with Crippen molar-refractivity contribution in [3.05, 3.63) is 23.9 Å². The molecule has 6 heteroatoms. The molecule has 2 rings (SSSR count). The molecule has 1 aromatic heterocycles. The molecule has 1 saturated heterocycles. The van der Waals surface area contributed by atoms with E-state index in [1.807, 2.05) is 4.90 Å². The van der Waals surface area contributed by atoms with E-state index >= 15 is 0 Å². The van der Waals surface area contributed by atoms with Crippen LogP contribution in [-0.2, 0) is 10.9 Å². The molecule has 0 aromatic carbocycles. The van der Waals surface area contributed by atoms with Crippen LogP contribution in [0.1, 0.15) is 18.4 Å². The molecule has 1 aliphatic heterocycles. The first-order valence-electron chi connectivity index (χ1n) is 5.81. The summed E-state index contributed by atoms with van der Waals surface area (Å²) < 4.78 is 43.0. The van der Waals surface area contributed by atoms with Crippen molar-refractivity contribution in [3.63, 3.8) is 0 Å². The molecular weight excluding hydrogens is 245 g/mol. The van der Waals surface area contributed by atoms with Crippen LogP contribution < -0.4 is 4.90 Å². The van der Waals surface area contributed by atoms with E-state index in [0.717, 1.165) is 25.0 Å². The molecule has 1 aliphatic rings. The summed E-state index contributed by atoms with van der Waals surface area (Å²) in [6.45, 7) is 1.35. The third-order valence-electron chi connectivity index (χ3n) is 3.17. The summed E-state index contributed by atoms with van der Waals surface area (Å²) >= 11 is 0. The lowest BCUT2D eigenvalue weighted by Crippen LogP contribution is -2.37. The van der Waals surface area contributed by atoms with Gasteiger partial charge in [0.25, 0.3) is 0 Å². The largest absolute Gasteiger partial charge is 0.416 e. The molecule has 0 bridgehead atoms. The molecule has 0 aliphatic carbocycles. The number of halogens is 3. The number of nitrogens with zero attached hydrogens (tertiary/aromatic N) is 2. The average molecular weight is 260 g/mol. The molecule has 100 valence electrons. The van der Waals surface area contributed by atoms with Crippen LogP contribution in [0.3, 0.4) is 0 Å². The predicted octanol–water partition coefficient (Wildman–Crippen LogP) is 2.72. The number of anilines is 1. The Bertz CT molecular complexity index is 401. The third kappa shape index (κ3) is 2.93. The molecule has 18 heavy (non-hydrogen) atoms. The van der Waals surface area contributed by atoms with Crippen molar-refractivity contribution in [1.82, 2.24) is 4.98 Å². The van der Waals surface area contributed by atoms with E-state index in [4.69, 9.17) is 4.74 Å². The van der Waals surface area contributed by atoms with Gasteiger partial charge in [0.1, 0.15) is 5.82 Å². The Morgan fingerprint density at radius 3 is 2.56 bits per heavy atom. The van der Waals surface area contributed by atoms with Crippen LogP contribution in [0.4, 0.5) is 19.0 Å². The van der Waals surface area contributed by atoms with Crippen molar-refractivity contribution in [2.75, 3.05) is 25.1 Å². The third-order valence-corrected chi connectivity index (χ3v) is 3.17. The fourth-order valence-electron chi connectivity index (χ4n) is 2.09. The second-order valence-electron chi connectivity index (χ2n) is 4.32. The standard InChI is InChI=1S/C12H15F3N2O/c1-18-10-3-6-17(7-4-10)11-8-9(2-5-16-11)12(13,14)15/h2,5,8,10H,3-4,6-7H2,1H3. The van der Waals surface area contributed by atoms with E-state index in [0.29, 0.717) is 18.9 Å².